The van der Waals surface area contributed by atoms with E-state index >= 15 is 0 Å². The number of aromatic nitrogens is 6. The van der Waals surface area contributed by atoms with Crippen LogP contribution in [0.5, 0.6) is 0 Å². The fourth-order valence-corrected chi connectivity index (χ4v) is 4.05. The SMILES string of the molecule is O=C(CSc1nnc(-c2ccncc2)n1-c1ccccc1)NN=Cc1c[nH][n+]2ccccc12. The van der Waals surface area contributed by atoms with Crippen LogP contribution in [-0.2, 0) is 4.79 Å². The minimum absolute atomic E-state index is 0.140. The molecule has 9 nitrogen and oxygen atoms in total. The molecule has 0 aliphatic heterocycles. The molecule has 0 aliphatic carbocycles. The van der Waals surface area contributed by atoms with Crippen molar-refractivity contribution in [1.82, 2.24) is 30.3 Å². The monoisotopic (exact) mass is 455 g/mol. The number of para-hydroxylation sites is 1. The van der Waals surface area contributed by atoms with Crippen LogP contribution < -0.4 is 9.94 Å². The van der Waals surface area contributed by atoms with Crippen molar-refractivity contribution in [2.45, 2.75) is 5.16 Å². The van der Waals surface area contributed by atoms with Gasteiger partial charge in [-0.2, -0.15) is 10.2 Å². The molecule has 0 radical (unpaired) electrons. The van der Waals surface area contributed by atoms with Crippen molar-refractivity contribution in [2.75, 3.05) is 5.75 Å². The number of H-pyrrole nitrogens is 1. The number of amides is 1. The van der Waals surface area contributed by atoms with Crippen molar-refractivity contribution in [3.63, 3.8) is 0 Å². The van der Waals surface area contributed by atoms with Crippen LogP contribution in [0.25, 0.3) is 22.6 Å². The summed E-state index contributed by atoms with van der Waals surface area (Å²) >= 11 is 1.29. The molecule has 4 aromatic heterocycles. The summed E-state index contributed by atoms with van der Waals surface area (Å²) in [6.45, 7) is 0. The number of fused-ring (bicyclic) bond motifs is 1. The van der Waals surface area contributed by atoms with Crippen LogP contribution in [-0.4, -0.2) is 42.7 Å². The first-order chi connectivity index (χ1) is 16.3. The van der Waals surface area contributed by atoms with Gasteiger partial charge in [0.25, 0.3) is 5.91 Å². The number of pyridine rings is 2. The summed E-state index contributed by atoms with van der Waals surface area (Å²) in [7, 11) is 0. The second kappa shape index (κ2) is 9.45. The number of hydrogen-bond donors (Lipinski definition) is 2. The van der Waals surface area contributed by atoms with E-state index in [9.17, 15) is 4.79 Å². The molecule has 2 N–H and O–H groups in total. The van der Waals surface area contributed by atoms with Gasteiger partial charge in [0.2, 0.25) is 11.7 Å². The third kappa shape index (κ3) is 4.51. The van der Waals surface area contributed by atoms with Crippen molar-refractivity contribution in [3.8, 4) is 17.1 Å². The summed E-state index contributed by atoms with van der Waals surface area (Å²) in [4.78, 5) is 16.5. The molecule has 5 aromatic rings. The summed E-state index contributed by atoms with van der Waals surface area (Å²) in [5.74, 6) is 0.583. The van der Waals surface area contributed by atoms with E-state index in [0.717, 1.165) is 22.3 Å². The van der Waals surface area contributed by atoms with Gasteiger partial charge in [-0.15, -0.1) is 10.2 Å². The Balaban J connectivity index is 1.30. The Labute approximate surface area is 193 Å². The Bertz CT molecular complexity index is 1410. The van der Waals surface area contributed by atoms with Gasteiger partial charge >= 0.3 is 0 Å². The van der Waals surface area contributed by atoms with Crippen LogP contribution in [0.1, 0.15) is 5.56 Å². The van der Waals surface area contributed by atoms with Gasteiger partial charge < -0.3 is 0 Å². The third-order valence-electron chi connectivity index (χ3n) is 4.83. The molecule has 4 heterocycles. The minimum Gasteiger partial charge on any atom is -0.272 e. The lowest BCUT2D eigenvalue weighted by atomic mass is 10.2. The van der Waals surface area contributed by atoms with Gasteiger partial charge in [0.1, 0.15) is 0 Å². The van der Waals surface area contributed by atoms with Crippen molar-refractivity contribution in [1.29, 1.82) is 0 Å². The van der Waals surface area contributed by atoms with E-state index in [2.05, 4.69) is 30.8 Å². The highest BCUT2D eigenvalue weighted by atomic mass is 32.2. The summed E-state index contributed by atoms with van der Waals surface area (Å²) in [6.07, 6.45) is 8.77. The number of nitrogens with one attached hydrogen (secondary N) is 2. The van der Waals surface area contributed by atoms with Gasteiger partial charge in [0, 0.05) is 35.8 Å². The molecule has 0 saturated carbocycles. The highest BCUT2D eigenvalue weighted by molar-refractivity contribution is 7.99. The van der Waals surface area contributed by atoms with Crippen molar-refractivity contribution >= 4 is 29.4 Å². The average Bonchev–Trinajstić information content (AvgIpc) is 3.48. The summed E-state index contributed by atoms with van der Waals surface area (Å²) in [6, 6.07) is 19.4. The molecule has 0 aliphatic rings. The Morgan fingerprint density at radius 2 is 1.91 bits per heavy atom. The third-order valence-corrected chi connectivity index (χ3v) is 5.76. The molecule has 0 atom stereocenters. The molecular weight excluding hydrogens is 436 g/mol. The second-order valence-corrected chi connectivity index (χ2v) is 7.92. The predicted molar refractivity (Wildman–Crippen MR) is 125 cm³/mol. The zero-order valence-corrected chi connectivity index (χ0v) is 18.2. The number of carbonyl (C=O) groups is 1. The fourth-order valence-electron chi connectivity index (χ4n) is 3.30. The number of hydrazone groups is 1. The summed E-state index contributed by atoms with van der Waals surface area (Å²) in [5.41, 5.74) is 6.20. The zero-order chi connectivity index (χ0) is 22.5. The number of carbonyl (C=O) groups excluding carboxylic acids is 1. The first kappa shape index (κ1) is 20.6. The summed E-state index contributed by atoms with van der Waals surface area (Å²) in [5, 5.41) is 16.5. The van der Waals surface area contributed by atoms with Crippen molar-refractivity contribution < 1.29 is 9.31 Å². The molecular formula is C23H19N8OS+. The molecule has 0 saturated heterocycles. The lowest BCUT2D eigenvalue weighted by molar-refractivity contribution is -0.576. The number of rotatable bonds is 7. The van der Waals surface area contributed by atoms with Crippen molar-refractivity contribution in [2.24, 2.45) is 5.10 Å². The van der Waals surface area contributed by atoms with Crippen LogP contribution in [0.15, 0.2) is 95.7 Å². The minimum atomic E-state index is -0.239. The average molecular weight is 456 g/mol. The van der Waals surface area contributed by atoms with Crippen LogP contribution >= 0.6 is 11.8 Å². The quantitative estimate of drug-likeness (QED) is 0.170. The van der Waals surface area contributed by atoms with Crippen LogP contribution in [0, 0.1) is 0 Å². The molecule has 10 heteroatoms. The van der Waals surface area contributed by atoms with Gasteiger partial charge in [-0.3, -0.25) is 14.3 Å². The van der Waals surface area contributed by atoms with E-state index in [1.54, 1.807) is 18.6 Å². The Morgan fingerprint density at radius 1 is 1.09 bits per heavy atom. The number of nitrogens with zero attached hydrogens (tertiary/aromatic N) is 6. The maximum Gasteiger partial charge on any atom is 0.250 e. The van der Waals surface area contributed by atoms with E-state index in [0.29, 0.717) is 11.0 Å². The molecule has 162 valence electrons. The first-order valence-corrected chi connectivity index (χ1v) is 11.1. The van der Waals surface area contributed by atoms with Crippen LogP contribution in [0.3, 0.4) is 0 Å². The van der Waals surface area contributed by atoms with E-state index in [4.69, 9.17) is 0 Å². The molecule has 33 heavy (non-hydrogen) atoms. The fraction of sp³-hybridized carbons (Fsp3) is 0.0435. The molecule has 0 unspecified atom stereocenters. The predicted octanol–water partition coefficient (Wildman–Crippen LogP) is 2.64. The van der Waals surface area contributed by atoms with E-state index in [1.165, 1.54) is 11.8 Å². The largest absolute Gasteiger partial charge is 0.272 e. The lowest BCUT2D eigenvalue weighted by Gasteiger charge is -2.09. The Morgan fingerprint density at radius 3 is 2.76 bits per heavy atom. The van der Waals surface area contributed by atoms with Gasteiger partial charge in [0.05, 0.1) is 23.7 Å². The molecule has 1 amide bonds. The molecule has 0 spiro atoms. The highest BCUT2D eigenvalue weighted by Gasteiger charge is 2.17. The van der Waals surface area contributed by atoms with E-state index in [-0.39, 0.29) is 11.7 Å². The Kier molecular flexibility index (Phi) is 5.89. The Hall–Kier alpha value is -4.31. The maximum atomic E-state index is 12.4. The van der Waals surface area contributed by atoms with E-state index < -0.39 is 0 Å². The lowest BCUT2D eigenvalue weighted by Crippen LogP contribution is -2.21. The van der Waals surface area contributed by atoms with Crippen LogP contribution in [0.4, 0.5) is 0 Å². The highest BCUT2D eigenvalue weighted by Crippen LogP contribution is 2.27. The molecule has 5 rings (SSSR count). The zero-order valence-electron chi connectivity index (χ0n) is 17.4. The summed E-state index contributed by atoms with van der Waals surface area (Å²) < 4.78 is 3.80. The number of hydrogen-bond acceptors (Lipinski definition) is 6. The van der Waals surface area contributed by atoms with Gasteiger partial charge in [-0.1, -0.05) is 34.5 Å². The van der Waals surface area contributed by atoms with Gasteiger partial charge in [-0.05, 0) is 30.3 Å². The standard InChI is InChI=1S/C23H18N8OS/c32-21(27-25-14-18-15-26-30-13-5-4-8-20(18)30)16-33-23-29-28-22(17-9-11-24-12-10-17)31(23)19-6-2-1-3-7-19/h1-15H,16H2,(H,27,32)/p+1. The first-order valence-electron chi connectivity index (χ1n) is 10.1. The van der Waals surface area contributed by atoms with Crippen LogP contribution in [0.2, 0.25) is 0 Å². The van der Waals surface area contributed by atoms with Crippen molar-refractivity contribution in [3.05, 3.63) is 91.0 Å². The normalized spacial score (nSPS) is 11.3. The number of aromatic amines is 1. The topological polar surface area (TPSA) is 105 Å². The van der Waals surface area contributed by atoms with Gasteiger partial charge in [0.15, 0.2) is 11.0 Å². The number of thioether (sulfide) groups is 1. The second-order valence-electron chi connectivity index (χ2n) is 6.98. The smallest absolute Gasteiger partial charge is 0.250 e. The molecule has 0 bridgehead atoms. The van der Waals surface area contributed by atoms with Gasteiger partial charge in [-0.25, -0.2) is 5.43 Å². The number of benzene rings is 1. The molecule has 0 fully saturated rings. The maximum absolute atomic E-state index is 12.4. The van der Waals surface area contributed by atoms with E-state index in [1.807, 2.05) is 82.1 Å². The molecule has 1 aromatic carbocycles.